The summed E-state index contributed by atoms with van der Waals surface area (Å²) in [7, 11) is -8.12. The number of rotatable bonds is 12. The van der Waals surface area contributed by atoms with Gasteiger partial charge in [-0.05, 0) is 56.2 Å². The van der Waals surface area contributed by atoms with Gasteiger partial charge in [0, 0.05) is 10.0 Å². The zero-order valence-electron chi connectivity index (χ0n) is 17.9. The molecule has 0 amide bonds. The lowest BCUT2D eigenvalue weighted by atomic mass is 10.0. The molecule has 0 saturated heterocycles. The zero-order chi connectivity index (χ0) is 23.3. The van der Waals surface area contributed by atoms with Crippen molar-refractivity contribution in [3.63, 3.8) is 0 Å². The van der Waals surface area contributed by atoms with Crippen LogP contribution in [0.2, 0.25) is 0 Å². The van der Waals surface area contributed by atoms with Crippen LogP contribution in [0.4, 0.5) is 8.78 Å². The molecule has 0 unspecified atom stereocenters. The van der Waals surface area contributed by atoms with Crippen molar-refractivity contribution >= 4 is 41.9 Å². The Hall–Kier alpha value is -0.660. The Bertz CT molecular complexity index is 981. The predicted molar refractivity (Wildman–Crippen MR) is 121 cm³/mol. The molecule has 0 radical (unpaired) electrons. The average Bonchev–Trinajstić information content (AvgIpc) is 2.68. The van der Waals surface area contributed by atoms with Gasteiger partial charge in [-0.1, -0.05) is 34.1 Å². The van der Waals surface area contributed by atoms with Gasteiger partial charge in [0.25, 0.3) is 0 Å². The molecule has 0 aliphatic heterocycles. The summed E-state index contributed by atoms with van der Waals surface area (Å²) in [5.74, 6) is 0. The van der Waals surface area contributed by atoms with Gasteiger partial charge in [0.05, 0.1) is 32.6 Å². The molecular formula is C20H27BrF2O6P2. The van der Waals surface area contributed by atoms with Crippen LogP contribution in [0, 0.1) is 0 Å². The Balaban J connectivity index is 2.54. The monoisotopic (exact) mass is 542 g/mol. The van der Waals surface area contributed by atoms with Gasteiger partial charge in [-0.15, -0.1) is 0 Å². The minimum Gasteiger partial charge on any atom is -0.309 e. The fraction of sp³-hybridized carbons (Fsp3) is 0.500. The molecule has 0 atom stereocenters. The normalized spacial score (nSPS) is 13.1. The molecule has 31 heavy (non-hydrogen) atoms. The van der Waals surface area contributed by atoms with E-state index < -0.39 is 26.4 Å². The quantitative estimate of drug-likeness (QED) is 0.256. The maximum atomic E-state index is 15.3. The van der Waals surface area contributed by atoms with Crippen LogP contribution >= 0.6 is 31.1 Å². The Morgan fingerprint density at radius 1 is 0.839 bits per heavy atom. The third-order valence-electron chi connectivity index (χ3n) is 4.28. The number of hydrogen-bond acceptors (Lipinski definition) is 6. The van der Waals surface area contributed by atoms with Crippen LogP contribution in [0.25, 0.3) is 10.8 Å². The number of alkyl halides is 2. The smallest absolute Gasteiger partial charge is 0.309 e. The molecule has 0 aliphatic rings. The van der Waals surface area contributed by atoms with Crippen LogP contribution in [-0.2, 0) is 39.1 Å². The molecule has 174 valence electrons. The standard InChI is InChI=1S/C20H27BrF2O6P2/c1-5-26-30(24,27-6-2)14-15-9-10-16-13-19(21)18(12-17(16)11-15)20(22,23)31(25,28-7-3)29-8-4/h9-13H,5-8,14H2,1-4H3. The molecule has 0 bridgehead atoms. The third kappa shape index (κ3) is 6.02. The second-order valence-corrected chi connectivity index (χ2v) is 11.5. The second kappa shape index (κ2) is 11.0. The van der Waals surface area contributed by atoms with E-state index in [0.29, 0.717) is 16.3 Å². The molecule has 0 fully saturated rings. The van der Waals surface area contributed by atoms with Crippen molar-refractivity contribution in [3.8, 4) is 0 Å². The van der Waals surface area contributed by atoms with Crippen LogP contribution in [0.1, 0.15) is 38.8 Å². The van der Waals surface area contributed by atoms with Gasteiger partial charge in [-0.25, -0.2) is 0 Å². The topological polar surface area (TPSA) is 71.1 Å². The zero-order valence-corrected chi connectivity index (χ0v) is 21.3. The molecule has 0 heterocycles. The van der Waals surface area contributed by atoms with Crippen LogP contribution in [-0.4, -0.2) is 26.4 Å². The summed E-state index contributed by atoms with van der Waals surface area (Å²) in [5, 5.41) is 1.12. The van der Waals surface area contributed by atoms with E-state index in [0.717, 1.165) is 0 Å². The van der Waals surface area contributed by atoms with Crippen molar-refractivity contribution < 1.29 is 36.0 Å². The van der Waals surface area contributed by atoms with E-state index in [1.807, 2.05) is 0 Å². The van der Waals surface area contributed by atoms with Crippen LogP contribution in [0.5, 0.6) is 0 Å². The molecule has 2 aromatic carbocycles. The summed E-state index contributed by atoms with van der Waals surface area (Å²) in [5.41, 5.74) is -3.79. The van der Waals surface area contributed by atoms with Gasteiger partial charge in [-0.2, -0.15) is 8.78 Å². The van der Waals surface area contributed by atoms with Crippen LogP contribution in [0.3, 0.4) is 0 Å². The Morgan fingerprint density at radius 3 is 1.90 bits per heavy atom. The first-order valence-electron chi connectivity index (χ1n) is 9.93. The average molecular weight is 543 g/mol. The summed E-state index contributed by atoms with van der Waals surface area (Å²) in [4.78, 5) is 0. The van der Waals surface area contributed by atoms with Crippen molar-refractivity contribution in [3.05, 3.63) is 45.9 Å². The molecule has 2 aromatic rings. The fourth-order valence-electron chi connectivity index (χ4n) is 3.08. The Labute approximate surface area is 189 Å². The molecule has 0 saturated carbocycles. The molecular weight excluding hydrogens is 516 g/mol. The second-order valence-electron chi connectivity index (χ2n) is 6.49. The number of halogens is 3. The van der Waals surface area contributed by atoms with Gasteiger partial charge in [0.1, 0.15) is 0 Å². The first kappa shape index (κ1) is 26.6. The largest absolute Gasteiger partial charge is 0.404 e. The minimum atomic E-state index is -4.76. The molecule has 0 N–H and O–H groups in total. The van der Waals surface area contributed by atoms with Crippen LogP contribution in [0.15, 0.2) is 34.8 Å². The molecule has 0 aromatic heterocycles. The lowest BCUT2D eigenvalue weighted by Gasteiger charge is -2.27. The number of fused-ring (bicyclic) bond motifs is 1. The Kier molecular flexibility index (Phi) is 9.41. The predicted octanol–water partition coefficient (Wildman–Crippen LogP) is 7.68. The van der Waals surface area contributed by atoms with Crippen molar-refractivity contribution in [2.24, 2.45) is 0 Å². The first-order chi connectivity index (χ1) is 14.6. The number of hydrogen-bond donors (Lipinski definition) is 0. The van der Waals surface area contributed by atoms with Gasteiger partial charge < -0.3 is 18.1 Å². The van der Waals surface area contributed by atoms with Crippen LogP contribution < -0.4 is 0 Å². The molecule has 2 rings (SSSR count). The SMILES string of the molecule is CCOP(=O)(Cc1ccc2cc(Br)c(C(F)(F)P(=O)(OCC)OCC)cc2c1)OCC. The third-order valence-corrected chi connectivity index (χ3v) is 9.12. The van der Waals surface area contributed by atoms with E-state index in [4.69, 9.17) is 18.1 Å². The van der Waals surface area contributed by atoms with Crippen molar-refractivity contribution in [1.29, 1.82) is 0 Å². The summed E-state index contributed by atoms with van der Waals surface area (Å²) < 4.78 is 76.8. The highest BCUT2D eigenvalue weighted by molar-refractivity contribution is 9.10. The lowest BCUT2D eigenvalue weighted by molar-refractivity contribution is 0.0356. The number of benzene rings is 2. The minimum absolute atomic E-state index is 0.00277. The summed E-state index contributed by atoms with van der Waals surface area (Å²) in [6.45, 7) is 6.44. The summed E-state index contributed by atoms with van der Waals surface area (Å²) >= 11 is 3.16. The highest BCUT2D eigenvalue weighted by Gasteiger charge is 2.55. The summed E-state index contributed by atoms with van der Waals surface area (Å²) in [6.07, 6.45) is 0.00277. The van der Waals surface area contributed by atoms with E-state index in [1.54, 1.807) is 32.0 Å². The van der Waals surface area contributed by atoms with E-state index >= 15 is 8.78 Å². The van der Waals surface area contributed by atoms with Crippen molar-refractivity contribution in [1.82, 2.24) is 0 Å². The molecule has 6 nitrogen and oxygen atoms in total. The fourth-order valence-corrected chi connectivity index (χ4v) is 7.09. The Morgan fingerprint density at radius 2 is 1.39 bits per heavy atom. The highest BCUT2D eigenvalue weighted by atomic mass is 79.9. The van der Waals surface area contributed by atoms with Gasteiger partial charge in [0.15, 0.2) is 0 Å². The lowest BCUT2D eigenvalue weighted by Crippen LogP contribution is -2.19. The van der Waals surface area contributed by atoms with E-state index in [-0.39, 0.29) is 37.1 Å². The van der Waals surface area contributed by atoms with Gasteiger partial charge in [-0.3, -0.25) is 9.13 Å². The molecule has 0 spiro atoms. The van der Waals surface area contributed by atoms with E-state index in [2.05, 4.69) is 15.9 Å². The van der Waals surface area contributed by atoms with Crippen molar-refractivity contribution in [2.75, 3.05) is 26.4 Å². The highest BCUT2D eigenvalue weighted by Crippen LogP contribution is 2.67. The van der Waals surface area contributed by atoms with E-state index in [9.17, 15) is 9.13 Å². The molecule has 11 heteroatoms. The molecule has 0 aliphatic carbocycles. The van der Waals surface area contributed by atoms with Gasteiger partial charge >= 0.3 is 20.9 Å². The summed E-state index contributed by atoms with van der Waals surface area (Å²) in [6, 6.07) is 7.85. The maximum absolute atomic E-state index is 15.3. The maximum Gasteiger partial charge on any atom is 0.404 e. The van der Waals surface area contributed by atoms with Crippen molar-refractivity contribution in [2.45, 2.75) is 39.5 Å². The van der Waals surface area contributed by atoms with E-state index in [1.165, 1.54) is 26.0 Å². The first-order valence-corrected chi connectivity index (χ1v) is 14.0. The van der Waals surface area contributed by atoms with Gasteiger partial charge in [0.2, 0.25) is 0 Å².